The lowest BCUT2D eigenvalue weighted by atomic mass is 9.88. The van der Waals surface area contributed by atoms with Gasteiger partial charge in [0.05, 0.1) is 25.5 Å². The molecule has 1 aromatic rings. The fraction of sp³-hybridized carbons (Fsp3) is 0.812. The van der Waals surface area contributed by atoms with Crippen LogP contribution in [0.4, 0.5) is 0 Å². The standard InChI is InChI=1S/C16H27N3O2/c1-21-13-5-2-4-12(10-13)18-15-6-3-7-16-14(15)11-17-19(16)8-9-20/h11-13,15,18,20H,2-10H2,1H3. The van der Waals surface area contributed by atoms with Crippen LogP contribution in [0.5, 0.6) is 0 Å². The molecule has 3 unspecified atom stereocenters. The summed E-state index contributed by atoms with van der Waals surface area (Å²) >= 11 is 0. The van der Waals surface area contributed by atoms with Crippen molar-refractivity contribution in [2.45, 2.75) is 69.7 Å². The van der Waals surface area contributed by atoms with E-state index in [1.165, 1.54) is 43.4 Å². The second-order valence-electron chi connectivity index (χ2n) is 6.33. The Morgan fingerprint density at radius 1 is 1.38 bits per heavy atom. The zero-order valence-electron chi connectivity index (χ0n) is 12.9. The molecule has 1 saturated carbocycles. The van der Waals surface area contributed by atoms with Gasteiger partial charge in [-0.1, -0.05) is 0 Å². The highest BCUT2D eigenvalue weighted by molar-refractivity contribution is 5.25. The summed E-state index contributed by atoms with van der Waals surface area (Å²) < 4.78 is 7.51. The highest BCUT2D eigenvalue weighted by Gasteiger charge is 2.28. The summed E-state index contributed by atoms with van der Waals surface area (Å²) in [5, 5.41) is 17.4. The molecule has 0 aromatic carbocycles. The lowest BCUT2D eigenvalue weighted by molar-refractivity contribution is 0.0564. The third-order valence-corrected chi connectivity index (χ3v) is 4.97. The fourth-order valence-electron chi connectivity index (χ4n) is 3.87. The van der Waals surface area contributed by atoms with E-state index in [2.05, 4.69) is 10.4 Å². The Morgan fingerprint density at radius 3 is 3.10 bits per heavy atom. The first-order valence-electron chi connectivity index (χ1n) is 8.26. The molecule has 1 aromatic heterocycles. The highest BCUT2D eigenvalue weighted by atomic mass is 16.5. The van der Waals surface area contributed by atoms with E-state index in [-0.39, 0.29) is 6.61 Å². The van der Waals surface area contributed by atoms with Crippen LogP contribution < -0.4 is 5.32 Å². The molecule has 3 rings (SSSR count). The van der Waals surface area contributed by atoms with E-state index in [4.69, 9.17) is 9.84 Å². The Bertz CT molecular complexity index is 460. The molecule has 1 fully saturated rings. The Morgan fingerprint density at radius 2 is 2.29 bits per heavy atom. The summed E-state index contributed by atoms with van der Waals surface area (Å²) in [7, 11) is 1.82. The van der Waals surface area contributed by atoms with E-state index in [9.17, 15) is 0 Å². The number of hydrogen-bond donors (Lipinski definition) is 2. The van der Waals surface area contributed by atoms with Gasteiger partial charge in [0.1, 0.15) is 0 Å². The van der Waals surface area contributed by atoms with Crippen LogP contribution in [0, 0.1) is 0 Å². The molecule has 2 N–H and O–H groups in total. The molecule has 21 heavy (non-hydrogen) atoms. The number of fused-ring (bicyclic) bond motifs is 1. The summed E-state index contributed by atoms with van der Waals surface area (Å²) in [5.74, 6) is 0. The predicted octanol–water partition coefficient (Wildman–Crippen LogP) is 1.80. The predicted molar refractivity (Wildman–Crippen MR) is 81.2 cm³/mol. The van der Waals surface area contributed by atoms with Crippen LogP contribution in [0.3, 0.4) is 0 Å². The van der Waals surface area contributed by atoms with Gasteiger partial charge >= 0.3 is 0 Å². The summed E-state index contributed by atoms with van der Waals surface area (Å²) in [4.78, 5) is 0. The van der Waals surface area contributed by atoms with Gasteiger partial charge in [0.25, 0.3) is 0 Å². The quantitative estimate of drug-likeness (QED) is 0.869. The maximum absolute atomic E-state index is 9.13. The number of hydrogen-bond acceptors (Lipinski definition) is 4. The fourth-order valence-corrected chi connectivity index (χ4v) is 3.87. The van der Waals surface area contributed by atoms with E-state index >= 15 is 0 Å². The molecule has 5 heteroatoms. The first kappa shape index (κ1) is 15.0. The van der Waals surface area contributed by atoms with Crippen molar-refractivity contribution in [3.05, 3.63) is 17.5 Å². The Labute approximate surface area is 126 Å². The number of methoxy groups -OCH3 is 1. The van der Waals surface area contributed by atoms with Crippen LogP contribution in [0.15, 0.2) is 6.20 Å². The van der Waals surface area contributed by atoms with Gasteiger partial charge in [-0.05, 0) is 44.9 Å². The van der Waals surface area contributed by atoms with Crippen molar-refractivity contribution in [2.75, 3.05) is 13.7 Å². The zero-order chi connectivity index (χ0) is 14.7. The van der Waals surface area contributed by atoms with Crippen LogP contribution in [0.25, 0.3) is 0 Å². The molecule has 3 atom stereocenters. The Kier molecular flexibility index (Phi) is 4.93. The summed E-state index contributed by atoms with van der Waals surface area (Å²) in [5.41, 5.74) is 2.65. The minimum absolute atomic E-state index is 0.157. The average molecular weight is 293 g/mol. The minimum Gasteiger partial charge on any atom is -0.394 e. The van der Waals surface area contributed by atoms with Crippen LogP contribution in [0.2, 0.25) is 0 Å². The van der Waals surface area contributed by atoms with Gasteiger partial charge in [-0.15, -0.1) is 0 Å². The maximum Gasteiger partial charge on any atom is 0.0644 e. The van der Waals surface area contributed by atoms with Crippen molar-refractivity contribution in [3.63, 3.8) is 0 Å². The van der Waals surface area contributed by atoms with Crippen LogP contribution in [0.1, 0.15) is 55.8 Å². The first-order chi connectivity index (χ1) is 10.3. The van der Waals surface area contributed by atoms with E-state index in [0.717, 1.165) is 12.8 Å². The van der Waals surface area contributed by atoms with Gasteiger partial charge in [0.15, 0.2) is 0 Å². The van der Waals surface area contributed by atoms with E-state index < -0.39 is 0 Å². The number of rotatable bonds is 5. The number of aromatic nitrogens is 2. The first-order valence-corrected chi connectivity index (χ1v) is 8.26. The zero-order valence-corrected chi connectivity index (χ0v) is 12.9. The third kappa shape index (κ3) is 3.30. The molecule has 2 aliphatic rings. The molecule has 5 nitrogen and oxygen atoms in total. The summed E-state index contributed by atoms with van der Waals surface area (Å²) in [6.45, 7) is 0.765. The number of aliphatic hydroxyl groups excluding tert-OH is 1. The van der Waals surface area contributed by atoms with Crippen molar-refractivity contribution in [2.24, 2.45) is 0 Å². The second kappa shape index (κ2) is 6.90. The molecule has 1 heterocycles. The van der Waals surface area contributed by atoms with Crippen LogP contribution >= 0.6 is 0 Å². The Balaban J connectivity index is 1.67. The highest BCUT2D eigenvalue weighted by Crippen LogP contribution is 2.32. The van der Waals surface area contributed by atoms with Crippen LogP contribution in [-0.4, -0.2) is 40.7 Å². The van der Waals surface area contributed by atoms with Crippen LogP contribution in [-0.2, 0) is 17.7 Å². The average Bonchev–Trinajstić information content (AvgIpc) is 2.92. The summed E-state index contributed by atoms with van der Waals surface area (Å²) in [6.07, 6.45) is 10.7. The maximum atomic E-state index is 9.13. The number of nitrogens with zero attached hydrogens (tertiary/aromatic N) is 2. The van der Waals surface area contributed by atoms with Gasteiger partial charge in [-0.3, -0.25) is 4.68 Å². The van der Waals surface area contributed by atoms with Gasteiger partial charge in [0.2, 0.25) is 0 Å². The van der Waals surface area contributed by atoms with Gasteiger partial charge < -0.3 is 15.2 Å². The summed E-state index contributed by atoms with van der Waals surface area (Å²) in [6, 6.07) is 0.975. The SMILES string of the molecule is COC1CCCC(NC2CCCc3c2cnn3CCO)C1. The second-order valence-corrected chi connectivity index (χ2v) is 6.33. The van der Waals surface area contributed by atoms with E-state index in [1.54, 1.807) is 0 Å². The normalized spacial score (nSPS) is 29.3. The molecular weight excluding hydrogens is 266 g/mol. The lowest BCUT2D eigenvalue weighted by Crippen LogP contribution is -2.39. The number of aliphatic hydroxyl groups is 1. The Hall–Kier alpha value is -0.910. The van der Waals surface area contributed by atoms with Crippen molar-refractivity contribution in [1.29, 1.82) is 0 Å². The van der Waals surface area contributed by atoms with Crippen molar-refractivity contribution in [3.8, 4) is 0 Å². The third-order valence-electron chi connectivity index (χ3n) is 4.97. The van der Waals surface area contributed by atoms with Gasteiger partial charge in [-0.2, -0.15) is 5.10 Å². The molecule has 0 spiro atoms. The molecule has 118 valence electrons. The minimum atomic E-state index is 0.157. The van der Waals surface area contributed by atoms with Gasteiger partial charge in [-0.25, -0.2) is 0 Å². The van der Waals surface area contributed by atoms with Crippen molar-refractivity contribution >= 4 is 0 Å². The van der Waals surface area contributed by atoms with Crippen molar-refractivity contribution in [1.82, 2.24) is 15.1 Å². The van der Waals surface area contributed by atoms with E-state index in [1.807, 2.05) is 18.0 Å². The molecular formula is C16H27N3O2. The smallest absolute Gasteiger partial charge is 0.0644 e. The van der Waals surface area contributed by atoms with Gasteiger partial charge in [0, 0.05) is 30.5 Å². The molecule has 0 bridgehead atoms. The molecule has 2 aliphatic carbocycles. The number of nitrogens with one attached hydrogen (secondary N) is 1. The van der Waals surface area contributed by atoms with Crippen molar-refractivity contribution < 1.29 is 9.84 Å². The largest absolute Gasteiger partial charge is 0.394 e. The number of ether oxygens (including phenoxy) is 1. The monoisotopic (exact) mass is 293 g/mol. The molecule has 0 aliphatic heterocycles. The van der Waals surface area contributed by atoms with E-state index in [0.29, 0.717) is 24.7 Å². The topological polar surface area (TPSA) is 59.3 Å². The molecule has 0 amide bonds. The molecule has 0 saturated heterocycles. The molecule has 0 radical (unpaired) electrons. The lowest BCUT2D eigenvalue weighted by Gasteiger charge is -2.33.